The molecule has 4 nitrogen and oxygen atoms in total. The monoisotopic (exact) mass is 348 g/mol. The van der Waals surface area contributed by atoms with E-state index >= 15 is 0 Å². The minimum atomic E-state index is -0.572. The summed E-state index contributed by atoms with van der Waals surface area (Å²) in [6.07, 6.45) is 0.338. The van der Waals surface area contributed by atoms with Gasteiger partial charge < -0.3 is 15.3 Å². The first-order valence-electron chi connectivity index (χ1n) is 7.17. The Morgan fingerprint density at radius 1 is 1.41 bits per heavy atom. The Hall–Kier alpha value is -1.04. The van der Waals surface area contributed by atoms with Crippen molar-refractivity contribution < 1.29 is 14.3 Å². The van der Waals surface area contributed by atoms with Crippen LogP contribution in [0.5, 0.6) is 0 Å². The minimum absolute atomic E-state index is 0.0494. The highest BCUT2D eigenvalue weighted by Gasteiger charge is 2.29. The van der Waals surface area contributed by atoms with Gasteiger partial charge in [0.1, 0.15) is 5.82 Å². The van der Waals surface area contributed by atoms with Crippen LogP contribution in [0.15, 0.2) is 12.1 Å². The number of rotatable bonds is 3. The van der Waals surface area contributed by atoms with Crippen LogP contribution in [0.25, 0.3) is 0 Å². The number of amides is 2. The van der Waals surface area contributed by atoms with Crippen LogP contribution in [0.4, 0.5) is 9.18 Å². The molecule has 2 amide bonds. The Kier molecular flexibility index (Phi) is 5.53. The lowest BCUT2D eigenvalue weighted by atomic mass is 10.0. The van der Waals surface area contributed by atoms with E-state index in [0.717, 1.165) is 6.42 Å². The molecule has 0 aliphatic carbocycles. The second-order valence-corrected chi connectivity index (χ2v) is 6.51. The van der Waals surface area contributed by atoms with Gasteiger partial charge in [0.15, 0.2) is 0 Å². The van der Waals surface area contributed by atoms with Gasteiger partial charge in [-0.15, -0.1) is 0 Å². The summed E-state index contributed by atoms with van der Waals surface area (Å²) in [5.41, 5.74) is 0.475. The van der Waals surface area contributed by atoms with Crippen molar-refractivity contribution in [1.82, 2.24) is 10.2 Å². The number of urea groups is 1. The first-order valence-corrected chi connectivity index (χ1v) is 7.93. The van der Waals surface area contributed by atoms with Crippen molar-refractivity contribution in [2.24, 2.45) is 5.92 Å². The van der Waals surface area contributed by atoms with Crippen molar-refractivity contribution in [2.45, 2.75) is 32.4 Å². The van der Waals surface area contributed by atoms with Crippen molar-refractivity contribution in [2.75, 3.05) is 13.1 Å². The quantitative estimate of drug-likeness (QED) is 0.820. The van der Waals surface area contributed by atoms with Gasteiger partial charge in [0.2, 0.25) is 0 Å². The lowest BCUT2D eigenvalue weighted by Gasteiger charge is -2.22. The molecule has 0 radical (unpaired) electrons. The van der Waals surface area contributed by atoms with E-state index in [0.29, 0.717) is 23.7 Å². The highest BCUT2D eigenvalue weighted by Crippen LogP contribution is 2.29. The fourth-order valence-corrected chi connectivity index (χ4v) is 3.14. The van der Waals surface area contributed by atoms with Gasteiger partial charge in [-0.05, 0) is 38.0 Å². The summed E-state index contributed by atoms with van der Waals surface area (Å²) in [7, 11) is 0. The highest BCUT2D eigenvalue weighted by molar-refractivity contribution is 6.35. The Morgan fingerprint density at radius 3 is 2.68 bits per heavy atom. The summed E-state index contributed by atoms with van der Waals surface area (Å²) in [6.45, 7) is 4.56. The SMILES string of the molecule is CC(NC(=O)N1CCC(C(C)O)C1)c1cc(F)c(Cl)cc1Cl. The van der Waals surface area contributed by atoms with Crippen LogP contribution >= 0.6 is 23.2 Å². The lowest BCUT2D eigenvalue weighted by molar-refractivity contribution is 0.129. The number of hydrogen-bond acceptors (Lipinski definition) is 2. The number of benzene rings is 1. The van der Waals surface area contributed by atoms with Gasteiger partial charge in [0.05, 0.1) is 17.2 Å². The second-order valence-electron chi connectivity index (χ2n) is 5.69. The molecule has 0 bridgehead atoms. The van der Waals surface area contributed by atoms with Crippen LogP contribution in [0.1, 0.15) is 31.9 Å². The van der Waals surface area contributed by atoms with Gasteiger partial charge in [-0.3, -0.25) is 0 Å². The molecule has 22 heavy (non-hydrogen) atoms. The van der Waals surface area contributed by atoms with E-state index in [1.807, 2.05) is 0 Å². The van der Waals surface area contributed by atoms with Crippen LogP contribution in [-0.2, 0) is 0 Å². The average molecular weight is 349 g/mol. The number of halogens is 3. The van der Waals surface area contributed by atoms with Gasteiger partial charge in [0, 0.05) is 24.0 Å². The standard InChI is InChI=1S/C15H19Cl2FN2O2/c1-8(11-5-14(18)13(17)6-12(11)16)19-15(22)20-4-3-10(7-20)9(2)21/h5-6,8-10,21H,3-4,7H2,1-2H3,(H,19,22). The highest BCUT2D eigenvalue weighted by atomic mass is 35.5. The molecule has 2 rings (SSSR count). The van der Waals surface area contributed by atoms with Crippen molar-refractivity contribution >= 4 is 29.2 Å². The summed E-state index contributed by atoms with van der Waals surface area (Å²) in [5, 5.41) is 12.6. The summed E-state index contributed by atoms with van der Waals surface area (Å²) in [6, 6.07) is 1.87. The van der Waals surface area contributed by atoms with Crippen LogP contribution in [0.3, 0.4) is 0 Å². The number of aliphatic hydroxyl groups excluding tert-OH is 1. The number of likely N-dealkylation sites (tertiary alicyclic amines) is 1. The molecule has 3 unspecified atom stereocenters. The van der Waals surface area contributed by atoms with Crippen molar-refractivity contribution in [3.8, 4) is 0 Å². The zero-order chi connectivity index (χ0) is 16.4. The largest absolute Gasteiger partial charge is 0.393 e. The van der Waals surface area contributed by atoms with Crippen LogP contribution < -0.4 is 5.32 Å². The Labute approximate surface area is 139 Å². The number of nitrogens with one attached hydrogen (secondary N) is 1. The summed E-state index contributed by atoms with van der Waals surface area (Å²) >= 11 is 11.7. The topological polar surface area (TPSA) is 52.6 Å². The van der Waals surface area contributed by atoms with E-state index in [1.54, 1.807) is 18.7 Å². The average Bonchev–Trinajstić information content (AvgIpc) is 2.92. The smallest absolute Gasteiger partial charge is 0.317 e. The van der Waals surface area contributed by atoms with Crippen molar-refractivity contribution in [1.29, 1.82) is 0 Å². The van der Waals surface area contributed by atoms with Crippen LogP contribution in [-0.4, -0.2) is 35.2 Å². The molecule has 0 spiro atoms. The molecule has 2 N–H and O–H groups in total. The van der Waals surface area contributed by atoms with Crippen molar-refractivity contribution in [3.63, 3.8) is 0 Å². The summed E-state index contributed by atoms with van der Waals surface area (Å²) < 4.78 is 13.6. The van der Waals surface area contributed by atoms with Crippen LogP contribution in [0, 0.1) is 11.7 Å². The lowest BCUT2D eigenvalue weighted by Crippen LogP contribution is -2.40. The molecule has 1 aromatic carbocycles. The van der Waals surface area contributed by atoms with Gasteiger partial charge >= 0.3 is 6.03 Å². The third kappa shape index (κ3) is 3.83. The molecule has 3 atom stereocenters. The maximum Gasteiger partial charge on any atom is 0.317 e. The minimum Gasteiger partial charge on any atom is -0.393 e. The molecule has 0 saturated carbocycles. The normalized spacial score (nSPS) is 20.8. The van der Waals surface area contributed by atoms with E-state index in [-0.39, 0.29) is 17.0 Å². The molecule has 1 aliphatic rings. The van der Waals surface area contributed by atoms with Gasteiger partial charge in [-0.25, -0.2) is 9.18 Å². The third-order valence-electron chi connectivity index (χ3n) is 4.04. The zero-order valence-corrected chi connectivity index (χ0v) is 14.0. The van der Waals surface area contributed by atoms with Crippen molar-refractivity contribution in [3.05, 3.63) is 33.6 Å². The molecule has 1 fully saturated rings. The first kappa shape index (κ1) is 17.3. The Bertz CT molecular complexity index is 569. The Morgan fingerprint density at radius 2 is 2.09 bits per heavy atom. The number of hydrogen-bond donors (Lipinski definition) is 2. The fourth-order valence-electron chi connectivity index (χ4n) is 2.59. The molecule has 1 aromatic rings. The molecule has 7 heteroatoms. The number of aliphatic hydroxyl groups is 1. The maximum atomic E-state index is 13.6. The maximum absolute atomic E-state index is 13.6. The van der Waals surface area contributed by atoms with E-state index in [1.165, 1.54) is 12.1 Å². The molecule has 0 aromatic heterocycles. The molecular weight excluding hydrogens is 330 g/mol. The van der Waals surface area contributed by atoms with Gasteiger partial charge in [-0.2, -0.15) is 0 Å². The zero-order valence-electron chi connectivity index (χ0n) is 12.4. The van der Waals surface area contributed by atoms with E-state index in [4.69, 9.17) is 23.2 Å². The van der Waals surface area contributed by atoms with Gasteiger partial charge in [0.25, 0.3) is 0 Å². The first-order chi connectivity index (χ1) is 10.3. The number of carbonyl (C=O) groups is 1. The molecule has 122 valence electrons. The molecule has 1 aliphatic heterocycles. The second kappa shape index (κ2) is 7.02. The molecular formula is C15H19Cl2FN2O2. The third-order valence-corrected chi connectivity index (χ3v) is 4.66. The predicted molar refractivity (Wildman–Crippen MR) is 84.7 cm³/mol. The molecule has 1 saturated heterocycles. The molecule has 1 heterocycles. The fraction of sp³-hybridized carbons (Fsp3) is 0.533. The van der Waals surface area contributed by atoms with E-state index < -0.39 is 18.0 Å². The summed E-state index contributed by atoms with van der Waals surface area (Å²) in [4.78, 5) is 13.9. The van der Waals surface area contributed by atoms with Crippen LogP contribution in [0.2, 0.25) is 10.0 Å². The van der Waals surface area contributed by atoms with E-state index in [2.05, 4.69) is 5.32 Å². The van der Waals surface area contributed by atoms with Gasteiger partial charge in [-0.1, -0.05) is 23.2 Å². The summed E-state index contributed by atoms with van der Waals surface area (Å²) in [5.74, 6) is -0.477. The number of nitrogens with zero attached hydrogens (tertiary/aromatic N) is 1. The van der Waals surface area contributed by atoms with E-state index in [9.17, 15) is 14.3 Å². The Balaban J connectivity index is 2.02. The number of carbonyl (C=O) groups excluding carboxylic acids is 1. The predicted octanol–water partition coefficient (Wildman–Crippen LogP) is 3.61.